The highest BCUT2D eigenvalue weighted by molar-refractivity contribution is 8.24. The molecule has 0 amide bonds. The molecule has 0 fully saturated rings. The van der Waals surface area contributed by atoms with Crippen LogP contribution in [0.3, 0.4) is 0 Å². The van der Waals surface area contributed by atoms with Crippen molar-refractivity contribution in [1.29, 1.82) is 0 Å². The number of H-pyrrole nitrogens is 1. The summed E-state index contributed by atoms with van der Waals surface area (Å²) in [7, 11) is 0. The van der Waals surface area contributed by atoms with Gasteiger partial charge in [-0.15, -0.1) is 0 Å². The highest BCUT2D eigenvalue weighted by atomic mass is 36.0. The molecule has 2 aromatic heterocycles. The van der Waals surface area contributed by atoms with Gasteiger partial charge in [0, 0.05) is 5.56 Å². The van der Waals surface area contributed by atoms with Crippen LogP contribution in [0.5, 0.6) is 5.88 Å². The predicted molar refractivity (Wildman–Crippen MR) is 135 cm³/mol. The lowest BCUT2D eigenvalue weighted by molar-refractivity contribution is 0.432. The monoisotopic (exact) mass is 588 g/mol. The molecule has 2 N–H and O–H groups in total. The van der Waals surface area contributed by atoms with E-state index in [1.54, 1.807) is 6.26 Å². The number of nitrogens with zero attached hydrogens (tertiary/aromatic N) is 3. The minimum absolute atomic E-state index is 0.0212. The Morgan fingerprint density at radius 2 is 1.32 bits per heavy atom. The largest absolute Gasteiger partial charge is 0.493 e. The number of thioether (sulfide) groups is 2. The van der Waals surface area contributed by atoms with Gasteiger partial charge in [0.05, 0.1) is 5.56 Å². The first-order valence-corrected chi connectivity index (χ1v) is 16.1. The van der Waals surface area contributed by atoms with Crippen molar-refractivity contribution >= 4 is 85.6 Å². The zero-order chi connectivity index (χ0) is 24.5. The second-order valence-electron chi connectivity index (χ2n) is 6.23. The maximum absolute atomic E-state index is 11.4. The van der Waals surface area contributed by atoms with Crippen molar-refractivity contribution in [2.75, 3.05) is 12.5 Å². The lowest BCUT2D eigenvalue weighted by atomic mass is 10.1. The Morgan fingerprint density at radius 1 is 0.903 bits per heavy atom. The molecule has 0 saturated heterocycles. The first-order chi connectivity index (χ1) is 14.1. The quantitative estimate of drug-likeness (QED) is 0.161. The lowest BCUT2D eigenvalue weighted by Crippen LogP contribution is -2.15. The summed E-state index contributed by atoms with van der Waals surface area (Å²) in [6.07, 6.45) is 3.67. The summed E-state index contributed by atoms with van der Waals surface area (Å²) in [4.78, 5) is 26.0. The van der Waals surface area contributed by atoms with Crippen molar-refractivity contribution in [3.63, 3.8) is 0 Å². The fraction of sp³-hybridized carbons (Fsp3) is 0.500. The molecule has 0 aromatic carbocycles. The molecule has 0 aliphatic carbocycles. The zero-order valence-electron chi connectivity index (χ0n) is 17.4. The van der Waals surface area contributed by atoms with Gasteiger partial charge in [0.15, 0.2) is 10.3 Å². The molecule has 0 saturated carbocycles. The van der Waals surface area contributed by atoms with Crippen LogP contribution >= 0.6 is 85.6 Å². The molecule has 0 aliphatic heterocycles. The average Bonchev–Trinajstić information content (AvgIpc) is 2.58. The number of aromatic nitrogens is 4. The Morgan fingerprint density at radius 3 is 1.61 bits per heavy atom. The molecular weight excluding hydrogens is 569 g/mol. The van der Waals surface area contributed by atoms with Crippen molar-refractivity contribution in [1.82, 2.24) is 19.9 Å². The van der Waals surface area contributed by atoms with Gasteiger partial charge in [-0.1, -0.05) is 74.4 Å². The van der Waals surface area contributed by atoms with Gasteiger partial charge < -0.3 is 10.1 Å². The summed E-state index contributed by atoms with van der Waals surface area (Å²) in [6.45, 7) is 7.69. The Bertz CT molecular complexity index is 941. The van der Waals surface area contributed by atoms with Crippen molar-refractivity contribution < 1.29 is 9.67 Å². The van der Waals surface area contributed by atoms with Crippen molar-refractivity contribution in [3.8, 4) is 5.88 Å². The molecule has 0 bridgehead atoms. The SMILES string of the molecule is CSc1nc(Cl)c(C(C)C)c(Cl)n1.CSc1nc(O)c(C(C)C)c(=O)[nH]1.O=P(Cl)(Cl)Cl. The van der Waals surface area contributed by atoms with E-state index in [9.17, 15) is 14.5 Å². The molecule has 2 heterocycles. The van der Waals surface area contributed by atoms with Gasteiger partial charge in [0.2, 0.25) is 5.88 Å². The molecule has 0 unspecified atom stereocenters. The van der Waals surface area contributed by atoms with Gasteiger partial charge in [-0.2, -0.15) is 4.98 Å². The number of hydrogen-bond acceptors (Lipinski definition) is 8. The van der Waals surface area contributed by atoms with Crippen LogP contribution < -0.4 is 5.56 Å². The molecule has 7 nitrogen and oxygen atoms in total. The van der Waals surface area contributed by atoms with E-state index in [1.807, 2.05) is 34.0 Å². The first kappa shape index (κ1) is 31.1. The van der Waals surface area contributed by atoms with Crippen LogP contribution in [-0.2, 0) is 4.57 Å². The van der Waals surface area contributed by atoms with Crippen LogP contribution in [0, 0.1) is 0 Å². The number of rotatable bonds is 4. The topological polar surface area (TPSA) is 109 Å². The van der Waals surface area contributed by atoms with E-state index in [4.69, 9.17) is 23.2 Å². The molecule has 15 heteroatoms. The van der Waals surface area contributed by atoms with Gasteiger partial charge in [-0.3, -0.25) is 9.36 Å². The zero-order valence-corrected chi connectivity index (χ0v) is 23.7. The van der Waals surface area contributed by atoms with Crippen LogP contribution in [0.25, 0.3) is 0 Å². The smallest absolute Gasteiger partial charge is 0.339 e. The van der Waals surface area contributed by atoms with Crippen LogP contribution in [0.4, 0.5) is 0 Å². The van der Waals surface area contributed by atoms with Gasteiger partial charge in [0.1, 0.15) is 10.3 Å². The van der Waals surface area contributed by atoms with Crippen molar-refractivity contribution in [2.24, 2.45) is 0 Å². The molecule has 0 atom stereocenters. The third-order valence-corrected chi connectivity index (χ3v) is 4.98. The predicted octanol–water partition coefficient (Wildman–Crippen LogP) is 7.76. The van der Waals surface area contributed by atoms with E-state index in [0.717, 1.165) is 5.56 Å². The fourth-order valence-electron chi connectivity index (χ4n) is 2.03. The van der Waals surface area contributed by atoms with Crippen molar-refractivity contribution in [2.45, 2.75) is 49.8 Å². The number of aromatic hydroxyl groups is 1. The third-order valence-electron chi connectivity index (χ3n) is 3.28. The van der Waals surface area contributed by atoms with E-state index in [2.05, 4.69) is 53.7 Å². The normalized spacial score (nSPS) is 11.0. The van der Waals surface area contributed by atoms with E-state index in [1.165, 1.54) is 23.5 Å². The number of nitrogens with one attached hydrogen (secondary N) is 1. The van der Waals surface area contributed by atoms with Crippen LogP contribution in [0.15, 0.2) is 15.1 Å². The average molecular weight is 591 g/mol. The molecule has 176 valence electrons. The highest BCUT2D eigenvalue weighted by Crippen LogP contribution is 2.61. The molecular formula is C16H22Cl5N4O3PS2. The summed E-state index contributed by atoms with van der Waals surface area (Å²) in [5.74, 6) is 0.0613. The summed E-state index contributed by atoms with van der Waals surface area (Å²) in [5, 5.41) is 8.17. The van der Waals surface area contributed by atoms with Gasteiger partial charge in [-0.05, 0) is 58.1 Å². The Hall–Kier alpha value is 0.140. The van der Waals surface area contributed by atoms with Crippen molar-refractivity contribution in [3.05, 3.63) is 31.8 Å². The van der Waals surface area contributed by atoms with Gasteiger partial charge >= 0.3 is 5.20 Å². The highest BCUT2D eigenvalue weighted by Gasteiger charge is 2.14. The third kappa shape index (κ3) is 12.2. The van der Waals surface area contributed by atoms with E-state index in [0.29, 0.717) is 26.2 Å². The Balaban J connectivity index is 0.000000479. The minimum atomic E-state index is -3.22. The maximum atomic E-state index is 11.4. The van der Waals surface area contributed by atoms with E-state index in [-0.39, 0.29) is 23.3 Å². The second-order valence-corrected chi connectivity index (χ2v) is 15.1. The summed E-state index contributed by atoms with van der Waals surface area (Å²) in [5.41, 5.74) is 0.908. The lowest BCUT2D eigenvalue weighted by Gasteiger charge is -2.09. The maximum Gasteiger partial charge on any atom is 0.339 e. The molecule has 0 spiro atoms. The van der Waals surface area contributed by atoms with Crippen LogP contribution in [-0.4, -0.2) is 37.6 Å². The van der Waals surface area contributed by atoms with E-state index >= 15 is 0 Å². The van der Waals surface area contributed by atoms with Gasteiger partial charge in [0.25, 0.3) is 5.56 Å². The van der Waals surface area contributed by atoms with Gasteiger partial charge in [-0.25, -0.2) is 9.97 Å². The summed E-state index contributed by atoms with van der Waals surface area (Å²) >= 11 is 28.5. The number of aromatic amines is 1. The number of halogens is 5. The standard InChI is InChI=1S/C8H10Cl2N2S.C8H12N2O2S.Cl3OP/c1-4(2)5-6(9)11-8(13-3)12-7(5)10;1-4(2)5-6(11)9-8(13-3)10-7(5)12;1-5(2,3)4/h4H,1-3H3;4H,1-3H3,(H2,9,10,11,12);. The Labute approximate surface area is 214 Å². The fourth-order valence-corrected chi connectivity index (χ4v) is 3.70. The molecule has 0 radical (unpaired) electrons. The summed E-state index contributed by atoms with van der Waals surface area (Å²) < 4.78 is 9.51. The van der Waals surface area contributed by atoms with E-state index < -0.39 is 5.20 Å². The molecule has 2 aromatic rings. The molecule has 31 heavy (non-hydrogen) atoms. The molecule has 0 aliphatic rings. The second kappa shape index (κ2) is 14.4. The Kier molecular flexibility index (Phi) is 14.5. The minimum Gasteiger partial charge on any atom is -0.493 e. The summed E-state index contributed by atoms with van der Waals surface area (Å²) in [6, 6.07) is 0. The first-order valence-electron chi connectivity index (χ1n) is 8.45. The molecule has 2 rings (SSSR count). The van der Waals surface area contributed by atoms with Crippen LogP contribution in [0.2, 0.25) is 10.3 Å². The van der Waals surface area contributed by atoms with Crippen LogP contribution in [0.1, 0.15) is 50.7 Å². The number of hydrogen-bond donors (Lipinski definition) is 2.